The largest absolute Gasteiger partial charge is 0.319 e. The smallest absolute Gasteiger partial charge is 0.259 e. The van der Waals surface area contributed by atoms with Crippen molar-refractivity contribution >= 4 is 22.5 Å². The van der Waals surface area contributed by atoms with Crippen LogP contribution in [-0.4, -0.2) is 20.7 Å². The van der Waals surface area contributed by atoms with Gasteiger partial charge in [-0.05, 0) is 37.3 Å². The van der Waals surface area contributed by atoms with Gasteiger partial charge in [0, 0.05) is 5.39 Å². The molecule has 0 radical (unpaired) electrons. The third-order valence-corrected chi connectivity index (χ3v) is 4.34. The number of benzene rings is 2. The normalized spacial score (nSPS) is 11.0. The Hall–Kier alpha value is -3.68. The van der Waals surface area contributed by atoms with E-state index in [1.807, 2.05) is 30.3 Å². The minimum absolute atomic E-state index is 0.152. The van der Waals surface area contributed by atoms with E-state index in [2.05, 4.69) is 15.4 Å². The number of carbonyl (C=O) groups excluding carboxylic acids is 1. The Bertz CT molecular complexity index is 1220. The number of carbonyl (C=O) groups is 1. The number of anilines is 1. The molecule has 0 aliphatic carbocycles. The van der Waals surface area contributed by atoms with Gasteiger partial charge >= 0.3 is 0 Å². The number of nitrogens with one attached hydrogen (secondary N) is 1. The van der Waals surface area contributed by atoms with E-state index in [9.17, 15) is 18.0 Å². The summed E-state index contributed by atoms with van der Waals surface area (Å²) < 4.78 is 41.7. The van der Waals surface area contributed by atoms with Gasteiger partial charge in [-0.2, -0.15) is 5.10 Å². The van der Waals surface area contributed by atoms with Crippen molar-refractivity contribution in [2.75, 3.05) is 5.32 Å². The van der Waals surface area contributed by atoms with Crippen LogP contribution in [0, 0.1) is 24.4 Å². The fourth-order valence-electron chi connectivity index (χ4n) is 2.85. The Morgan fingerprint density at radius 1 is 1.00 bits per heavy atom. The van der Waals surface area contributed by atoms with Gasteiger partial charge in [0.05, 0.1) is 28.7 Å². The van der Waals surface area contributed by atoms with Gasteiger partial charge < -0.3 is 5.32 Å². The van der Waals surface area contributed by atoms with E-state index in [4.69, 9.17) is 0 Å². The van der Waals surface area contributed by atoms with E-state index in [1.54, 1.807) is 13.0 Å². The zero-order chi connectivity index (χ0) is 19.8. The lowest BCUT2D eigenvalue weighted by molar-refractivity contribution is 0.102. The molecule has 28 heavy (non-hydrogen) atoms. The predicted octanol–water partition coefficient (Wildman–Crippen LogP) is 4.40. The summed E-state index contributed by atoms with van der Waals surface area (Å²) in [5, 5.41) is 7.37. The molecule has 0 unspecified atom stereocenters. The van der Waals surface area contributed by atoms with Crippen LogP contribution >= 0.6 is 0 Å². The molecule has 2 aromatic carbocycles. The molecule has 0 atom stereocenters. The summed E-state index contributed by atoms with van der Waals surface area (Å²) in [7, 11) is 0. The molecule has 0 saturated carbocycles. The maximum atomic E-state index is 13.8. The second kappa shape index (κ2) is 6.80. The van der Waals surface area contributed by atoms with Gasteiger partial charge in [0.2, 0.25) is 0 Å². The highest BCUT2D eigenvalue weighted by Gasteiger charge is 2.19. The number of fused-ring (bicyclic) bond motifs is 1. The van der Waals surface area contributed by atoms with Crippen molar-refractivity contribution in [3.8, 4) is 5.82 Å². The molecule has 1 amide bonds. The number of pyridine rings is 1. The van der Waals surface area contributed by atoms with E-state index in [0.29, 0.717) is 11.5 Å². The van der Waals surface area contributed by atoms with Crippen molar-refractivity contribution in [2.45, 2.75) is 6.92 Å². The van der Waals surface area contributed by atoms with E-state index in [1.165, 1.54) is 10.9 Å². The fraction of sp³-hybridized carbons (Fsp3) is 0.0500. The van der Waals surface area contributed by atoms with Crippen molar-refractivity contribution in [2.24, 2.45) is 0 Å². The molecule has 1 N–H and O–H groups in total. The first-order valence-electron chi connectivity index (χ1n) is 8.31. The number of hydrogen-bond acceptors (Lipinski definition) is 3. The van der Waals surface area contributed by atoms with Crippen LogP contribution in [0.25, 0.3) is 16.7 Å². The predicted molar refractivity (Wildman–Crippen MR) is 97.9 cm³/mol. The van der Waals surface area contributed by atoms with Crippen LogP contribution in [0.5, 0.6) is 0 Å². The second-order valence-electron chi connectivity index (χ2n) is 6.09. The SMILES string of the molecule is Cc1c(C(=O)Nc2ccc(F)c(F)c2F)cnn1-c1ccc2ccccc2n1. The molecule has 8 heteroatoms. The first-order chi connectivity index (χ1) is 13.5. The highest BCUT2D eigenvalue weighted by molar-refractivity contribution is 6.05. The number of amides is 1. The highest BCUT2D eigenvalue weighted by Crippen LogP contribution is 2.22. The third-order valence-electron chi connectivity index (χ3n) is 4.34. The molecule has 4 rings (SSSR count). The molecule has 2 aromatic heterocycles. The molecular weight excluding hydrogens is 369 g/mol. The van der Waals surface area contributed by atoms with Gasteiger partial charge in [-0.15, -0.1) is 0 Å². The number of aromatic nitrogens is 3. The van der Waals surface area contributed by atoms with Gasteiger partial charge in [-0.25, -0.2) is 22.8 Å². The van der Waals surface area contributed by atoms with Gasteiger partial charge in [0.25, 0.3) is 5.91 Å². The quantitative estimate of drug-likeness (QED) is 0.535. The summed E-state index contributed by atoms with van der Waals surface area (Å²) >= 11 is 0. The summed E-state index contributed by atoms with van der Waals surface area (Å²) in [6.07, 6.45) is 1.30. The molecule has 2 heterocycles. The maximum absolute atomic E-state index is 13.8. The maximum Gasteiger partial charge on any atom is 0.259 e. The van der Waals surface area contributed by atoms with Gasteiger partial charge in [0.15, 0.2) is 23.3 Å². The lowest BCUT2D eigenvalue weighted by Crippen LogP contribution is -2.15. The minimum Gasteiger partial charge on any atom is -0.319 e. The zero-order valence-electron chi connectivity index (χ0n) is 14.6. The molecule has 140 valence electrons. The van der Waals surface area contributed by atoms with Gasteiger partial charge in [-0.3, -0.25) is 4.79 Å². The first-order valence-corrected chi connectivity index (χ1v) is 8.31. The van der Waals surface area contributed by atoms with Crippen molar-refractivity contribution in [1.82, 2.24) is 14.8 Å². The monoisotopic (exact) mass is 382 g/mol. The van der Waals surface area contributed by atoms with Crippen LogP contribution in [0.3, 0.4) is 0 Å². The lowest BCUT2D eigenvalue weighted by Gasteiger charge is -2.08. The number of nitrogens with zero attached hydrogens (tertiary/aromatic N) is 3. The standard InChI is InChI=1S/C20H13F3N4O/c1-11-13(20(28)26-16-8-7-14(21)18(22)19(16)23)10-24-27(11)17-9-6-12-4-2-3-5-15(12)25-17/h2-10H,1H3,(H,26,28). The third kappa shape index (κ3) is 2.98. The molecule has 0 fully saturated rings. The van der Waals surface area contributed by atoms with E-state index >= 15 is 0 Å². The van der Waals surface area contributed by atoms with E-state index < -0.39 is 29.0 Å². The van der Waals surface area contributed by atoms with Crippen molar-refractivity contribution in [3.63, 3.8) is 0 Å². The molecule has 0 saturated heterocycles. The van der Waals surface area contributed by atoms with Crippen LogP contribution in [0.15, 0.2) is 54.7 Å². The van der Waals surface area contributed by atoms with E-state index in [0.717, 1.165) is 23.0 Å². The Morgan fingerprint density at radius 2 is 1.79 bits per heavy atom. The van der Waals surface area contributed by atoms with Gasteiger partial charge in [-0.1, -0.05) is 18.2 Å². The average molecular weight is 382 g/mol. The lowest BCUT2D eigenvalue weighted by atomic mass is 10.2. The molecule has 0 aliphatic heterocycles. The Kier molecular flexibility index (Phi) is 4.31. The van der Waals surface area contributed by atoms with Crippen LogP contribution in [0.1, 0.15) is 16.1 Å². The van der Waals surface area contributed by atoms with Gasteiger partial charge in [0.1, 0.15) is 0 Å². The molecule has 0 aliphatic rings. The second-order valence-corrected chi connectivity index (χ2v) is 6.09. The highest BCUT2D eigenvalue weighted by atomic mass is 19.2. The number of hydrogen-bond donors (Lipinski definition) is 1. The summed E-state index contributed by atoms with van der Waals surface area (Å²) in [6, 6.07) is 12.9. The summed E-state index contributed by atoms with van der Waals surface area (Å²) in [5.74, 6) is -4.63. The van der Waals surface area contributed by atoms with Crippen molar-refractivity contribution in [3.05, 3.63) is 83.4 Å². The summed E-state index contributed by atoms with van der Waals surface area (Å²) in [6.45, 7) is 1.65. The minimum atomic E-state index is -1.65. The summed E-state index contributed by atoms with van der Waals surface area (Å²) in [4.78, 5) is 17.0. The first kappa shape index (κ1) is 17.7. The molecule has 5 nitrogen and oxygen atoms in total. The Morgan fingerprint density at radius 3 is 2.61 bits per heavy atom. The van der Waals surface area contributed by atoms with Crippen molar-refractivity contribution in [1.29, 1.82) is 0 Å². The Balaban J connectivity index is 1.66. The van der Waals surface area contributed by atoms with Crippen LogP contribution < -0.4 is 5.32 Å². The topological polar surface area (TPSA) is 59.8 Å². The fourth-order valence-corrected chi connectivity index (χ4v) is 2.85. The molecule has 0 bridgehead atoms. The van der Waals surface area contributed by atoms with Crippen molar-refractivity contribution < 1.29 is 18.0 Å². The number of rotatable bonds is 3. The zero-order valence-corrected chi connectivity index (χ0v) is 14.6. The van der Waals surface area contributed by atoms with Crippen LogP contribution in [-0.2, 0) is 0 Å². The molecule has 4 aromatic rings. The molecular formula is C20H13F3N4O. The average Bonchev–Trinajstić information content (AvgIpc) is 3.09. The van der Waals surface area contributed by atoms with Crippen LogP contribution in [0.4, 0.5) is 18.9 Å². The summed E-state index contributed by atoms with van der Waals surface area (Å²) in [5.41, 5.74) is 0.923. The Labute approximate surface area is 157 Å². The number of halogens is 3. The van der Waals surface area contributed by atoms with E-state index in [-0.39, 0.29) is 5.56 Å². The van der Waals surface area contributed by atoms with Crippen LogP contribution in [0.2, 0.25) is 0 Å². The number of para-hydroxylation sites is 1. The molecule has 0 spiro atoms.